The topological polar surface area (TPSA) is 33.2 Å². The number of pyridine rings is 1. The smallest absolute Gasteiger partial charge is 0.254 e. The highest BCUT2D eigenvalue weighted by Gasteiger charge is 2.31. The Labute approximate surface area is 132 Å². The summed E-state index contributed by atoms with van der Waals surface area (Å²) in [6, 6.07) is 14.1. The minimum atomic E-state index is 0.115. The SMILES string of the molecule is CCCc1ccc(C(=O)N2CCCC2c2ccccn2)cc1. The first-order chi connectivity index (χ1) is 10.8. The van der Waals surface area contributed by atoms with E-state index in [9.17, 15) is 4.79 Å². The summed E-state index contributed by atoms with van der Waals surface area (Å²) >= 11 is 0. The van der Waals surface area contributed by atoms with Crippen molar-refractivity contribution in [3.05, 3.63) is 65.5 Å². The zero-order valence-electron chi connectivity index (χ0n) is 13.0. The zero-order valence-corrected chi connectivity index (χ0v) is 13.0. The Balaban J connectivity index is 1.78. The van der Waals surface area contributed by atoms with E-state index in [2.05, 4.69) is 24.0 Å². The standard InChI is InChI=1S/C19H22N2O/c1-2-6-15-9-11-16(12-10-15)19(22)21-14-5-8-18(21)17-7-3-4-13-20-17/h3-4,7,9-13,18H,2,5-6,8,14H2,1H3. The number of likely N-dealkylation sites (tertiary alicyclic amines) is 1. The van der Waals surface area contributed by atoms with Gasteiger partial charge in [-0.3, -0.25) is 9.78 Å². The number of carbonyl (C=O) groups excluding carboxylic acids is 1. The first-order valence-corrected chi connectivity index (χ1v) is 8.10. The van der Waals surface area contributed by atoms with Crippen LogP contribution < -0.4 is 0 Å². The van der Waals surface area contributed by atoms with Gasteiger partial charge >= 0.3 is 0 Å². The average molecular weight is 294 g/mol. The molecule has 1 saturated heterocycles. The third-order valence-electron chi connectivity index (χ3n) is 4.28. The Morgan fingerprint density at radius 2 is 2.05 bits per heavy atom. The molecule has 2 aromatic rings. The van der Waals surface area contributed by atoms with Gasteiger partial charge in [-0.1, -0.05) is 31.5 Å². The average Bonchev–Trinajstić information content (AvgIpc) is 3.06. The van der Waals surface area contributed by atoms with Crippen molar-refractivity contribution in [2.45, 2.75) is 38.6 Å². The second-order valence-corrected chi connectivity index (χ2v) is 5.86. The van der Waals surface area contributed by atoms with E-state index in [1.165, 1.54) is 5.56 Å². The molecule has 3 rings (SSSR count). The molecule has 1 aromatic carbocycles. The highest BCUT2D eigenvalue weighted by atomic mass is 16.2. The van der Waals surface area contributed by atoms with E-state index in [1.807, 2.05) is 35.2 Å². The van der Waals surface area contributed by atoms with Crippen LogP contribution in [0.25, 0.3) is 0 Å². The van der Waals surface area contributed by atoms with Crippen molar-refractivity contribution in [3.63, 3.8) is 0 Å². The number of aromatic nitrogens is 1. The Bertz CT molecular complexity index is 622. The fraction of sp³-hybridized carbons (Fsp3) is 0.368. The Kier molecular flexibility index (Phi) is 4.52. The molecule has 2 heterocycles. The molecule has 0 spiro atoms. The van der Waals surface area contributed by atoms with E-state index in [0.717, 1.165) is 43.5 Å². The van der Waals surface area contributed by atoms with Gasteiger partial charge in [0.2, 0.25) is 0 Å². The van der Waals surface area contributed by atoms with Crippen LogP contribution >= 0.6 is 0 Å². The molecule has 3 heteroatoms. The minimum Gasteiger partial charge on any atom is -0.330 e. The van der Waals surface area contributed by atoms with Gasteiger partial charge in [-0.15, -0.1) is 0 Å². The fourth-order valence-corrected chi connectivity index (χ4v) is 3.16. The van der Waals surface area contributed by atoms with Crippen LogP contribution in [0.5, 0.6) is 0 Å². The van der Waals surface area contributed by atoms with Crippen molar-refractivity contribution < 1.29 is 4.79 Å². The molecule has 0 saturated carbocycles. The van der Waals surface area contributed by atoms with Crippen molar-refractivity contribution in [2.75, 3.05) is 6.54 Å². The first kappa shape index (κ1) is 14.8. The molecule has 114 valence electrons. The first-order valence-electron chi connectivity index (χ1n) is 8.10. The van der Waals surface area contributed by atoms with Crippen molar-refractivity contribution in [1.82, 2.24) is 9.88 Å². The molecule has 22 heavy (non-hydrogen) atoms. The maximum Gasteiger partial charge on any atom is 0.254 e. The summed E-state index contributed by atoms with van der Waals surface area (Å²) in [7, 11) is 0. The van der Waals surface area contributed by atoms with Gasteiger partial charge in [-0.05, 0) is 49.1 Å². The van der Waals surface area contributed by atoms with Gasteiger partial charge in [0.05, 0.1) is 11.7 Å². The molecule has 0 aliphatic carbocycles. The van der Waals surface area contributed by atoms with Gasteiger partial charge < -0.3 is 4.90 Å². The zero-order chi connectivity index (χ0) is 15.4. The molecule has 1 amide bonds. The molecular formula is C19H22N2O. The van der Waals surface area contributed by atoms with Gasteiger partial charge in [0.25, 0.3) is 5.91 Å². The summed E-state index contributed by atoms with van der Waals surface area (Å²) in [4.78, 5) is 19.2. The van der Waals surface area contributed by atoms with Crippen molar-refractivity contribution in [1.29, 1.82) is 0 Å². The number of aryl methyl sites for hydroxylation is 1. The monoisotopic (exact) mass is 294 g/mol. The number of hydrogen-bond acceptors (Lipinski definition) is 2. The molecule has 0 radical (unpaired) electrons. The van der Waals surface area contributed by atoms with E-state index < -0.39 is 0 Å². The van der Waals surface area contributed by atoms with E-state index in [1.54, 1.807) is 6.20 Å². The van der Waals surface area contributed by atoms with E-state index in [0.29, 0.717) is 0 Å². The van der Waals surface area contributed by atoms with Crippen molar-refractivity contribution in [2.24, 2.45) is 0 Å². The lowest BCUT2D eigenvalue weighted by Crippen LogP contribution is -2.30. The van der Waals surface area contributed by atoms with Gasteiger partial charge in [-0.25, -0.2) is 0 Å². The van der Waals surface area contributed by atoms with Crippen LogP contribution in [-0.2, 0) is 6.42 Å². The molecule has 3 nitrogen and oxygen atoms in total. The van der Waals surface area contributed by atoms with Crippen LogP contribution in [0.4, 0.5) is 0 Å². The molecule has 0 N–H and O–H groups in total. The third-order valence-corrected chi connectivity index (χ3v) is 4.28. The summed E-state index contributed by atoms with van der Waals surface area (Å²) in [6.07, 6.45) is 6.03. The fourth-order valence-electron chi connectivity index (χ4n) is 3.16. The normalized spacial score (nSPS) is 17.7. The molecule has 1 atom stereocenters. The molecule has 0 bridgehead atoms. The Morgan fingerprint density at radius 3 is 2.73 bits per heavy atom. The maximum atomic E-state index is 12.8. The van der Waals surface area contributed by atoms with Crippen LogP contribution in [0, 0.1) is 0 Å². The summed E-state index contributed by atoms with van der Waals surface area (Å²) in [5, 5.41) is 0. The third kappa shape index (κ3) is 3.03. The summed E-state index contributed by atoms with van der Waals surface area (Å²) in [5.41, 5.74) is 3.07. The largest absolute Gasteiger partial charge is 0.330 e. The molecular weight excluding hydrogens is 272 g/mol. The Morgan fingerprint density at radius 1 is 1.23 bits per heavy atom. The quantitative estimate of drug-likeness (QED) is 0.853. The van der Waals surface area contributed by atoms with Gasteiger partial charge in [0.1, 0.15) is 0 Å². The lowest BCUT2D eigenvalue weighted by Gasteiger charge is -2.24. The minimum absolute atomic E-state index is 0.115. The van der Waals surface area contributed by atoms with E-state index in [4.69, 9.17) is 0 Å². The van der Waals surface area contributed by atoms with Crippen LogP contribution in [0.2, 0.25) is 0 Å². The maximum absolute atomic E-state index is 12.8. The number of amides is 1. The predicted octanol–water partition coefficient (Wildman–Crippen LogP) is 4.01. The predicted molar refractivity (Wildman–Crippen MR) is 87.7 cm³/mol. The van der Waals surface area contributed by atoms with E-state index >= 15 is 0 Å². The number of benzene rings is 1. The summed E-state index contributed by atoms with van der Waals surface area (Å²) in [6.45, 7) is 2.98. The molecule has 1 aliphatic rings. The van der Waals surface area contributed by atoms with Crippen molar-refractivity contribution >= 4 is 5.91 Å². The lowest BCUT2D eigenvalue weighted by atomic mass is 10.1. The van der Waals surface area contributed by atoms with Crippen LogP contribution in [0.3, 0.4) is 0 Å². The highest BCUT2D eigenvalue weighted by molar-refractivity contribution is 5.94. The molecule has 1 aliphatic heterocycles. The van der Waals surface area contributed by atoms with Crippen LogP contribution in [0.1, 0.15) is 53.8 Å². The molecule has 1 fully saturated rings. The number of rotatable bonds is 4. The summed E-state index contributed by atoms with van der Waals surface area (Å²) in [5.74, 6) is 0.121. The summed E-state index contributed by atoms with van der Waals surface area (Å²) < 4.78 is 0. The van der Waals surface area contributed by atoms with E-state index in [-0.39, 0.29) is 11.9 Å². The number of hydrogen-bond donors (Lipinski definition) is 0. The van der Waals surface area contributed by atoms with Crippen molar-refractivity contribution in [3.8, 4) is 0 Å². The highest BCUT2D eigenvalue weighted by Crippen LogP contribution is 2.31. The Hall–Kier alpha value is -2.16. The second kappa shape index (κ2) is 6.73. The number of carbonyl (C=O) groups is 1. The van der Waals surface area contributed by atoms with Gasteiger partial charge in [-0.2, -0.15) is 0 Å². The second-order valence-electron chi connectivity index (χ2n) is 5.86. The van der Waals surface area contributed by atoms with Crippen LogP contribution in [0.15, 0.2) is 48.7 Å². The molecule has 1 aromatic heterocycles. The van der Waals surface area contributed by atoms with Gasteiger partial charge in [0, 0.05) is 18.3 Å². The number of nitrogens with zero attached hydrogens (tertiary/aromatic N) is 2. The molecule has 1 unspecified atom stereocenters. The van der Waals surface area contributed by atoms with Crippen LogP contribution in [-0.4, -0.2) is 22.3 Å². The lowest BCUT2D eigenvalue weighted by molar-refractivity contribution is 0.0733. The van der Waals surface area contributed by atoms with Gasteiger partial charge in [0.15, 0.2) is 0 Å².